The molecule has 0 saturated carbocycles. The van der Waals surface area contributed by atoms with Gasteiger partial charge in [0, 0.05) is 20.3 Å². The van der Waals surface area contributed by atoms with Gasteiger partial charge in [-0.1, -0.05) is 17.7 Å². The van der Waals surface area contributed by atoms with Crippen LogP contribution in [0.1, 0.15) is 5.56 Å². The van der Waals surface area contributed by atoms with Crippen LogP contribution in [0.5, 0.6) is 0 Å². The van der Waals surface area contributed by atoms with E-state index in [0.29, 0.717) is 0 Å². The van der Waals surface area contributed by atoms with E-state index in [1.54, 1.807) is 0 Å². The monoisotopic (exact) mass is 421 g/mol. The van der Waals surface area contributed by atoms with Gasteiger partial charge in [-0.05, 0) is 80.5 Å². The van der Waals surface area contributed by atoms with Gasteiger partial charge in [0.2, 0.25) is 0 Å². The van der Waals surface area contributed by atoms with Crippen molar-refractivity contribution in [1.82, 2.24) is 0 Å². The average Bonchev–Trinajstić information content (AvgIpc) is 2.33. The van der Waals surface area contributed by atoms with Crippen LogP contribution in [0.3, 0.4) is 0 Å². The van der Waals surface area contributed by atoms with Crippen LogP contribution < -0.4 is 5.32 Å². The molecule has 0 radical (unpaired) electrons. The van der Waals surface area contributed by atoms with Gasteiger partial charge in [0.15, 0.2) is 0 Å². The Kier molecular flexibility index (Phi) is 4.70. The molecule has 0 aliphatic heterocycles. The van der Waals surface area contributed by atoms with Crippen LogP contribution in [-0.4, -0.2) is 0 Å². The summed E-state index contributed by atoms with van der Waals surface area (Å²) in [4.78, 5) is 0. The summed E-state index contributed by atoms with van der Waals surface area (Å²) < 4.78 is 2.17. The maximum Gasteiger partial charge on any atom is 0.0548 e. The number of benzene rings is 2. The van der Waals surface area contributed by atoms with Crippen molar-refractivity contribution in [3.8, 4) is 0 Å². The number of nitrogens with one attached hydrogen (secondary N) is 1. The molecular formula is C13H10BrClIN. The molecule has 17 heavy (non-hydrogen) atoms. The van der Waals surface area contributed by atoms with Gasteiger partial charge < -0.3 is 5.32 Å². The third-order valence-electron chi connectivity index (χ3n) is 2.32. The molecule has 2 rings (SSSR count). The highest BCUT2D eigenvalue weighted by molar-refractivity contribution is 14.1. The van der Waals surface area contributed by atoms with Crippen LogP contribution in [0.2, 0.25) is 5.02 Å². The second-order valence-electron chi connectivity index (χ2n) is 3.61. The van der Waals surface area contributed by atoms with Crippen LogP contribution in [0.15, 0.2) is 46.9 Å². The van der Waals surface area contributed by atoms with Gasteiger partial charge in [-0.15, -0.1) is 0 Å². The predicted octanol–water partition coefficient (Wildman–Crippen LogP) is 5.32. The van der Waals surface area contributed by atoms with E-state index in [0.717, 1.165) is 21.7 Å². The van der Waals surface area contributed by atoms with E-state index in [1.165, 1.54) is 9.13 Å². The lowest BCUT2D eigenvalue weighted by atomic mass is 10.2. The molecule has 0 spiro atoms. The summed E-state index contributed by atoms with van der Waals surface area (Å²) in [6.45, 7) is 0.788. The fourth-order valence-electron chi connectivity index (χ4n) is 1.42. The van der Waals surface area contributed by atoms with E-state index in [-0.39, 0.29) is 0 Å². The summed E-state index contributed by atoms with van der Waals surface area (Å²) in [6.07, 6.45) is 0. The van der Waals surface area contributed by atoms with E-state index in [9.17, 15) is 0 Å². The number of rotatable bonds is 3. The van der Waals surface area contributed by atoms with E-state index >= 15 is 0 Å². The van der Waals surface area contributed by atoms with E-state index in [2.05, 4.69) is 68.1 Å². The van der Waals surface area contributed by atoms with Gasteiger partial charge in [0.25, 0.3) is 0 Å². The second-order valence-corrected chi connectivity index (χ2v) is 6.12. The van der Waals surface area contributed by atoms with Crippen molar-refractivity contribution in [1.29, 1.82) is 0 Å². The Morgan fingerprint density at radius 1 is 1.12 bits per heavy atom. The molecule has 4 heteroatoms. The van der Waals surface area contributed by atoms with Crippen LogP contribution >= 0.6 is 50.1 Å². The van der Waals surface area contributed by atoms with Crippen LogP contribution in [-0.2, 0) is 6.54 Å². The maximum absolute atomic E-state index is 5.95. The lowest BCUT2D eigenvalue weighted by molar-refractivity contribution is 1.15. The standard InChI is InChI=1S/C13H10BrClIN/c14-12-7-9(1-6-13(12)15)8-17-11-4-2-10(16)3-5-11/h1-7,17H,8H2. The Bertz CT molecular complexity index is 513. The molecule has 0 unspecified atom stereocenters. The van der Waals surface area contributed by atoms with Gasteiger partial charge in [0.05, 0.1) is 5.02 Å². The summed E-state index contributed by atoms with van der Waals surface area (Å²) >= 11 is 11.7. The highest BCUT2D eigenvalue weighted by Crippen LogP contribution is 2.23. The molecule has 0 heterocycles. The Labute approximate surface area is 128 Å². The van der Waals surface area contributed by atoms with Crippen molar-refractivity contribution in [3.05, 3.63) is 61.1 Å². The first-order valence-corrected chi connectivity index (χ1v) is 7.33. The Hall–Kier alpha value is -0.260. The van der Waals surface area contributed by atoms with Crippen molar-refractivity contribution in [2.45, 2.75) is 6.54 Å². The van der Waals surface area contributed by atoms with Gasteiger partial charge in [-0.25, -0.2) is 0 Å². The maximum atomic E-state index is 5.95. The normalized spacial score (nSPS) is 10.3. The zero-order valence-electron chi connectivity index (χ0n) is 8.88. The fraction of sp³-hybridized carbons (Fsp3) is 0.0769. The zero-order chi connectivity index (χ0) is 12.3. The molecule has 2 aromatic carbocycles. The molecule has 0 aliphatic carbocycles. The molecule has 0 fully saturated rings. The van der Waals surface area contributed by atoms with Gasteiger partial charge in [0.1, 0.15) is 0 Å². The van der Waals surface area contributed by atoms with Crippen molar-refractivity contribution in [2.75, 3.05) is 5.32 Å². The van der Waals surface area contributed by atoms with Crippen molar-refractivity contribution in [3.63, 3.8) is 0 Å². The topological polar surface area (TPSA) is 12.0 Å². The van der Waals surface area contributed by atoms with Crippen LogP contribution in [0.25, 0.3) is 0 Å². The Morgan fingerprint density at radius 3 is 2.47 bits per heavy atom. The minimum Gasteiger partial charge on any atom is -0.381 e. The molecule has 2 aromatic rings. The van der Waals surface area contributed by atoms with Gasteiger partial charge in [-0.3, -0.25) is 0 Å². The smallest absolute Gasteiger partial charge is 0.0548 e. The minimum atomic E-state index is 0.739. The lowest BCUT2D eigenvalue weighted by Crippen LogP contribution is -1.99. The largest absolute Gasteiger partial charge is 0.381 e. The van der Waals surface area contributed by atoms with Gasteiger partial charge in [-0.2, -0.15) is 0 Å². The van der Waals surface area contributed by atoms with E-state index in [4.69, 9.17) is 11.6 Å². The molecule has 0 amide bonds. The van der Waals surface area contributed by atoms with Crippen molar-refractivity contribution in [2.24, 2.45) is 0 Å². The first-order valence-electron chi connectivity index (χ1n) is 5.08. The molecule has 0 aliphatic rings. The summed E-state index contributed by atoms with van der Waals surface area (Å²) in [5, 5.41) is 4.11. The minimum absolute atomic E-state index is 0.739. The Morgan fingerprint density at radius 2 is 1.82 bits per heavy atom. The highest BCUT2D eigenvalue weighted by Gasteiger charge is 1.99. The third-order valence-corrected chi connectivity index (χ3v) is 4.26. The first kappa shape index (κ1) is 13.2. The molecule has 1 N–H and O–H groups in total. The molecule has 0 aromatic heterocycles. The van der Waals surface area contributed by atoms with Crippen LogP contribution in [0.4, 0.5) is 5.69 Å². The number of hydrogen-bond donors (Lipinski definition) is 1. The summed E-state index contributed by atoms with van der Waals surface area (Å²) in [7, 11) is 0. The first-order chi connectivity index (χ1) is 8.15. The average molecular weight is 422 g/mol. The molecule has 0 bridgehead atoms. The number of hydrogen-bond acceptors (Lipinski definition) is 1. The predicted molar refractivity (Wildman–Crippen MR) is 85.6 cm³/mol. The molecule has 88 valence electrons. The van der Waals surface area contributed by atoms with E-state index < -0.39 is 0 Å². The molecule has 1 nitrogen and oxygen atoms in total. The zero-order valence-corrected chi connectivity index (χ0v) is 13.4. The SMILES string of the molecule is Clc1ccc(CNc2ccc(I)cc2)cc1Br. The quantitative estimate of drug-likeness (QED) is 0.661. The second kappa shape index (κ2) is 6.07. The van der Waals surface area contributed by atoms with Crippen LogP contribution in [0, 0.1) is 3.57 Å². The molecule has 0 atom stereocenters. The number of anilines is 1. The summed E-state index contributed by atoms with van der Waals surface area (Å²) in [5.74, 6) is 0. The lowest BCUT2D eigenvalue weighted by Gasteiger charge is -2.07. The van der Waals surface area contributed by atoms with E-state index in [1.807, 2.05) is 18.2 Å². The van der Waals surface area contributed by atoms with Crippen molar-refractivity contribution >= 4 is 55.8 Å². The molecule has 0 saturated heterocycles. The van der Waals surface area contributed by atoms with Gasteiger partial charge >= 0.3 is 0 Å². The highest BCUT2D eigenvalue weighted by atomic mass is 127. The Balaban J connectivity index is 2.02. The third kappa shape index (κ3) is 3.86. The van der Waals surface area contributed by atoms with Crippen molar-refractivity contribution < 1.29 is 0 Å². The summed E-state index contributed by atoms with van der Waals surface area (Å²) in [6, 6.07) is 14.3. The fourth-order valence-corrected chi connectivity index (χ4v) is 2.32. The summed E-state index contributed by atoms with van der Waals surface area (Å²) in [5.41, 5.74) is 2.32. The number of halogens is 3. The molecular weight excluding hydrogens is 412 g/mol.